The van der Waals surface area contributed by atoms with Crippen molar-refractivity contribution in [1.29, 1.82) is 0 Å². The van der Waals surface area contributed by atoms with E-state index in [-0.39, 0.29) is 5.41 Å². The van der Waals surface area contributed by atoms with E-state index in [2.05, 4.69) is 140 Å². The highest BCUT2D eigenvalue weighted by molar-refractivity contribution is 5.85. The minimum atomic E-state index is -0.522. The summed E-state index contributed by atoms with van der Waals surface area (Å²) in [6.07, 6.45) is 3.78. The summed E-state index contributed by atoms with van der Waals surface area (Å²) < 4.78 is 6.57. The van der Waals surface area contributed by atoms with Gasteiger partial charge in [0.05, 0.1) is 5.41 Å². The van der Waals surface area contributed by atoms with Crippen molar-refractivity contribution in [2.24, 2.45) is 0 Å². The molecule has 0 N–H and O–H groups in total. The maximum Gasteiger partial charge on any atom is 0.132 e. The molecule has 2 nitrogen and oxygen atoms in total. The van der Waals surface area contributed by atoms with Crippen LogP contribution in [0.2, 0.25) is 0 Å². The molecular formula is C39H29NO. The lowest BCUT2D eigenvalue weighted by Gasteiger charge is -2.50. The molecule has 2 heteroatoms. The topological polar surface area (TPSA) is 22.1 Å². The second-order valence-corrected chi connectivity index (χ2v) is 11.6. The van der Waals surface area contributed by atoms with E-state index in [1.807, 2.05) is 18.5 Å². The molecule has 0 saturated carbocycles. The lowest BCUT2D eigenvalue weighted by Crippen LogP contribution is -2.43. The predicted octanol–water partition coefficient (Wildman–Crippen LogP) is 9.54. The number of para-hydroxylation sites is 2. The Morgan fingerprint density at radius 2 is 1.05 bits per heavy atom. The van der Waals surface area contributed by atoms with Gasteiger partial charge in [0.2, 0.25) is 0 Å². The molecule has 0 unspecified atom stereocenters. The maximum atomic E-state index is 6.57. The number of fused-ring (bicyclic) bond motifs is 8. The molecule has 0 atom stereocenters. The first-order chi connectivity index (χ1) is 20.1. The average molecular weight is 528 g/mol. The molecule has 0 bridgehead atoms. The summed E-state index contributed by atoms with van der Waals surface area (Å²) >= 11 is 0. The van der Waals surface area contributed by atoms with Crippen LogP contribution in [0.3, 0.4) is 0 Å². The number of hydrogen-bond donors (Lipinski definition) is 0. The maximum absolute atomic E-state index is 6.57. The van der Waals surface area contributed by atoms with Crippen LogP contribution in [0, 0.1) is 0 Å². The van der Waals surface area contributed by atoms with Gasteiger partial charge in [0.25, 0.3) is 0 Å². The fraction of sp³-hybridized carbons (Fsp3) is 0.103. The molecule has 41 heavy (non-hydrogen) atoms. The molecule has 0 fully saturated rings. The fourth-order valence-corrected chi connectivity index (χ4v) is 7.30. The molecular weight excluding hydrogens is 498 g/mol. The van der Waals surface area contributed by atoms with Gasteiger partial charge in [0, 0.05) is 34.5 Å². The van der Waals surface area contributed by atoms with E-state index in [1.165, 1.54) is 50.1 Å². The molecule has 196 valence electrons. The zero-order valence-corrected chi connectivity index (χ0v) is 23.1. The third-order valence-corrected chi connectivity index (χ3v) is 9.11. The standard InChI is InChI=1S/C39H29NO/c1-38(2)30-15-5-6-16-32(30)39(33-17-7-9-19-36(33)41-37-20-10-8-18-34(37)39)35-24-26(21-22-31(35)38)28-13-3-4-14-29(28)27-12-11-23-40-25-27/h3-25H,1-2H3. The van der Waals surface area contributed by atoms with Gasteiger partial charge in [-0.1, -0.05) is 117 Å². The minimum Gasteiger partial charge on any atom is -0.457 e. The van der Waals surface area contributed by atoms with Crippen LogP contribution in [0.4, 0.5) is 0 Å². The van der Waals surface area contributed by atoms with Gasteiger partial charge in [-0.2, -0.15) is 0 Å². The van der Waals surface area contributed by atoms with Gasteiger partial charge in [-0.15, -0.1) is 0 Å². The quantitative estimate of drug-likeness (QED) is 0.223. The molecule has 6 aromatic rings. The van der Waals surface area contributed by atoms with E-state index in [0.717, 1.165) is 17.1 Å². The third kappa shape index (κ3) is 3.28. The Labute approximate surface area is 240 Å². The zero-order valence-electron chi connectivity index (χ0n) is 23.1. The normalized spacial score (nSPS) is 15.2. The number of rotatable bonds is 2. The summed E-state index contributed by atoms with van der Waals surface area (Å²) in [6.45, 7) is 4.72. The second kappa shape index (κ2) is 8.78. The number of ether oxygens (including phenoxy) is 1. The fourth-order valence-electron chi connectivity index (χ4n) is 7.30. The lowest BCUT2D eigenvalue weighted by molar-refractivity contribution is 0.425. The van der Waals surface area contributed by atoms with Gasteiger partial charge in [0.1, 0.15) is 11.5 Å². The van der Waals surface area contributed by atoms with Crippen molar-refractivity contribution in [3.05, 3.63) is 173 Å². The Hall–Kier alpha value is -4.95. The molecule has 1 aliphatic heterocycles. The largest absolute Gasteiger partial charge is 0.457 e. The first-order valence-corrected chi connectivity index (χ1v) is 14.2. The second-order valence-electron chi connectivity index (χ2n) is 11.6. The van der Waals surface area contributed by atoms with Crippen molar-refractivity contribution in [1.82, 2.24) is 4.98 Å². The van der Waals surface area contributed by atoms with Crippen molar-refractivity contribution in [3.63, 3.8) is 0 Å². The van der Waals surface area contributed by atoms with Gasteiger partial charge in [-0.05, 0) is 63.2 Å². The molecule has 2 heterocycles. The highest BCUT2D eigenvalue weighted by Crippen LogP contribution is 2.61. The summed E-state index contributed by atoms with van der Waals surface area (Å²) in [5.74, 6) is 1.82. The molecule has 0 amide bonds. The molecule has 5 aromatic carbocycles. The van der Waals surface area contributed by atoms with Crippen molar-refractivity contribution >= 4 is 0 Å². The molecule has 1 aromatic heterocycles. The van der Waals surface area contributed by atoms with Crippen molar-refractivity contribution in [3.8, 4) is 33.8 Å². The van der Waals surface area contributed by atoms with Crippen molar-refractivity contribution < 1.29 is 4.74 Å². The van der Waals surface area contributed by atoms with E-state index < -0.39 is 5.41 Å². The van der Waals surface area contributed by atoms with E-state index in [0.29, 0.717) is 0 Å². The number of pyridine rings is 1. The third-order valence-electron chi connectivity index (χ3n) is 9.11. The number of aromatic nitrogens is 1. The summed E-state index contributed by atoms with van der Waals surface area (Å²) in [6, 6.07) is 46.0. The minimum absolute atomic E-state index is 0.180. The van der Waals surface area contributed by atoms with Crippen LogP contribution in [-0.4, -0.2) is 4.98 Å². The van der Waals surface area contributed by atoms with Crippen LogP contribution >= 0.6 is 0 Å². The van der Waals surface area contributed by atoms with Crippen LogP contribution in [0.1, 0.15) is 47.2 Å². The zero-order chi connectivity index (χ0) is 27.6. The van der Waals surface area contributed by atoms with Crippen molar-refractivity contribution in [2.45, 2.75) is 24.7 Å². The van der Waals surface area contributed by atoms with Crippen LogP contribution in [0.5, 0.6) is 11.5 Å². The van der Waals surface area contributed by atoms with Gasteiger partial charge in [-0.25, -0.2) is 0 Å². The van der Waals surface area contributed by atoms with E-state index in [9.17, 15) is 0 Å². The highest BCUT2D eigenvalue weighted by Gasteiger charge is 2.52. The summed E-state index contributed by atoms with van der Waals surface area (Å²) in [5.41, 5.74) is 11.7. The number of nitrogens with zero attached hydrogens (tertiary/aromatic N) is 1. The Morgan fingerprint density at radius 1 is 0.488 bits per heavy atom. The monoisotopic (exact) mass is 527 g/mol. The van der Waals surface area contributed by atoms with E-state index in [1.54, 1.807) is 0 Å². The molecule has 0 radical (unpaired) electrons. The summed E-state index contributed by atoms with van der Waals surface area (Å²) in [5, 5.41) is 0. The van der Waals surface area contributed by atoms with E-state index in [4.69, 9.17) is 4.74 Å². The van der Waals surface area contributed by atoms with E-state index >= 15 is 0 Å². The van der Waals surface area contributed by atoms with Gasteiger partial charge in [0.15, 0.2) is 0 Å². The SMILES string of the molecule is CC1(C)c2ccccc2C2(c3ccccc3Oc3ccccc32)c2cc(-c3ccccc3-c3cccnc3)ccc21. The Morgan fingerprint density at radius 3 is 1.71 bits per heavy atom. The first kappa shape index (κ1) is 23.9. The summed E-state index contributed by atoms with van der Waals surface area (Å²) in [4.78, 5) is 4.41. The van der Waals surface area contributed by atoms with Gasteiger partial charge >= 0.3 is 0 Å². The van der Waals surface area contributed by atoms with Crippen LogP contribution < -0.4 is 4.74 Å². The smallest absolute Gasteiger partial charge is 0.132 e. The average Bonchev–Trinajstić information content (AvgIpc) is 3.03. The summed E-state index contributed by atoms with van der Waals surface area (Å²) in [7, 11) is 0. The van der Waals surface area contributed by atoms with Crippen molar-refractivity contribution in [2.75, 3.05) is 0 Å². The molecule has 8 rings (SSSR count). The van der Waals surface area contributed by atoms with Gasteiger partial charge in [-0.3, -0.25) is 4.98 Å². The first-order valence-electron chi connectivity index (χ1n) is 14.2. The highest BCUT2D eigenvalue weighted by atomic mass is 16.5. The Kier molecular flexibility index (Phi) is 5.11. The molecule has 0 saturated heterocycles. The van der Waals surface area contributed by atoms with Crippen LogP contribution in [-0.2, 0) is 10.8 Å². The predicted molar refractivity (Wildman–Crippen MR) is 166 cm³/mol. The lowest BCUT2D eigenvalue weighted by atomic mass is 9.53. The Balaban J connectivity index is 1.50. The van der Waals surface area contributed by atoms with Gasteiger partial charge < -0.3 is 4.74 Å². The number of benzene rings is 5. The number of hydrogen-bond acceptors (Lipinski definition) is 2. The van der Waals surface area contributed by atoms with Crippen LogP contribution in [0.15, 0.2) is 140 Å². The molecule has 1 spiro atoms. The molecule has 2 aliphatic rings. The van der Waals surface area contributed by atoms with Crippen LogP contribution in [0.25, 0.3) is 22.3 Å². The Bertz CT molecular complexity index is 1910. The molecule has 1 aliphatic carbocycles.